The standard InChI is InChI=1S/C16H12BrN5/c1-21-15(9-18-20-21)14-8-7-12-13(17)10-22(16(12)19-14)11-5-3-2-4-6-11/h2-10H,1H3. The summed E-state index contributed by atoms with van der Waals surface area (Å²) in [5, 5.41) is 8.96. The summed E-state index contributed by atoms with van der Waals surface area (Å²) in [6.07, 6.45) is 3.76. The van der Waals surface area contributed by atoms with Crippen LogP contribution in [0.4, 0.5) is 0 Å². The molecule has 0 saturated heterocycles. The van der Waals surface area contributed by atoms with Crippen molar-refractivity contribution in [3.05, 3.63) is 59.3 Å². The Morgan fingerprint density at radius 3 is 2.59 bits per heavy atom. The third-order valence-electron chi connectivity index (χ3n) is 3.61. The minimum atomic E-state index is 0.850. The molecule has 0 N–H and O–H groups in total. The molecule has 0 aliphatic rings. The van der Waals surface area contributed by atoms with Crippen LogP contribution in [0.15, 0.2) is 59.3 Å². The van der Waals surface area contributed by atoms with Crippen LogP contribution in [0, 0.1) is 0 Å². The fourth-order valence-electron chi connectivity index (χ4n) is 2.51. The molecule has 4 rings (SSSR count). The molecular weight excluding hydrogens is 342 g/mol. The maximum atomic E-state index is 4.81. The third kappa shape index (κ3) is 2.03. The molecule has 0 amide bonds. The summed E-state index contributed by atoms with van der Waals surface area (Å²) in [7, 11) is 1.86. The van der Waals surface area contributed by atoms with Crippen molar-refractivity contribution in [2.24, 2.45) is 7.05 Å². The second-order valence-electron chi connectivity index (χ2n) is 4.99. The van der Waals surface area contributed by atoms with Gasteiger partial charge in [0.1, 0.15) is 11.3 Å². The Hall–Kier alpha value is -2.47. The Morgan fingerprint density at radius 1 is 1.05 bits per heavy atom. The highest BCUT2D eigenvalue weighted by molar-refractivity contribution is 9.10. The number of benzene rings is 1. The van der Waals surface area contributed by atoms with Crippen LogP contribution in [0.5, 0.6) is 0 Å². The van der Waals surface area contributed by atoms with Gasteiger partial charge in [-0.3, -0.25) is 0 Å². The molecule has 5 nitrogen and oxygen atoms in total. The Morgan fingerprint density at radius 2 is 1.86 bits per heavy atom. The molecule has 0 spiro atoms. The molecule has 0 bridgehead atoms. The first-order chi connectivity index (χ1) is 10.7. The zero-order valence-corrected chi connectivity index (χ0v) is 13.4. The van der Waals surface area contributed by atoms with Gasteiger partial charge in [-0.2, -0.15) is 0 Å². The van der Waals surface area contributed by atoms with Gasteiger partial charge in [0.15, 0.2) is 0 Å². The van der Waals surface area contributed by atoms with Crippen molar-refractivity contribution >= 4 is 27.0 Å². The first-order valence-corrected chi connectivity index (χ1v) is 7.61. The molecule has 3 aromatic heterocycles. The van der Waals surface area contributed by atoms with Crippen molar-refractivity contribution in [2.45, 2.75) is 0 Å². The summed E-state index contributed by atoms with van der Waals surface area (Å²) in [6.45, 7) is 0. The van der Waals surface area contributed by atoms with Gasteiger partial charge in [-0.15, -0.1) is 5.10 Å². The highest BCUT2D eigenvalue weighted by atomic mass is 79.9. The van der Waals surface area contributed by atoms with E-state index in [9.17, 15) is 0 Å². The highest BCUT2D eigenvalue weighted by Gasteiger charge is 2.12. The van der Waals surface area contributed by atoms with Crippen molar-refractivity contribution in [2.75, 3.05) is 0 Å². The quantitative estimate of drug-likeness (QED) is 0.553. The number of fused-ring (bicyclic) bond motifs is 1. The summed E-state index contributed by atoms with van der Waals surface area (Å²) >= 11 is 3.61. The van der Waals surface area contributed by atoms with Gasteiger partial charge in [0.05, 0.1) is 11.9 Å². The molecule has 1 aromatic carbocycles. The van der Waals surface area contributed by atoms with E-state index in [0.29, 0.717) is 0 Å². The van der Waals surface area contributed by atoms with E-state index < -0.39 is 0 Å². The van der Waals surface area contributed by atoms with Crippen LogP contribution in [0.25, 0.3) is 28.1 Å². The number of halogens is 1. The average molecular weight is 354 g/mol. The minimum Gasteiger partial charge on any atom is -0.300 e. The number of rotatable bonds is 2. The van der Waals surface area contributed by atoms with Gasteiger partial charge in [-0.1, -0.05) is 23.4 Å². The van der Waals surface area contributed by atoms with Crippen molar-refractivity contribution in [1.29, 1.82) is 0 Å². The fraction of sp³-hybridized carbons (Fsp3) is 0.0625. The lowest BCUT2D eigenvalue weighted by Crippen LogP contribution is -1.98. The van der Waals surface area contributed by atoms with Crippen LogP contribution in [-0.2, 0) is 7.05 Å². The zero-order valence-electron chi connectivity index (χ0n) is 11.8. The molecule has 6 heteroatoms. The molecule has 22 heavy (non-hydrogen) atoms. The smallest absolute Gasteiger partial charge is 0.146 e. The predicted molar refractivity (Wildman–Crippen MR) is 88.8 cm³/mol. The third-order valence-corrected chi connectivity index (χ3v) is 4.25. The van der Waals surface area contributed by atoms with Gasteiger partial charge in [0.2, 0.25) is 0 Å². The minimum absolute atomic E-state index is 0.850. The van der Waals surface area contributed by atoms with Gasteiger partial charge in [-0.25, -0.2) is 9.67 Å². The van der Waals surface area contributed by atoms with Crippen LogP contribution in [0.3, 0.4) is 0 Å². The van der Waals surface area contributed by atoms with E-state index in [0.717, 1.165) is 32.6 Å². The molecular formula is C16H12BrN5. The summed E-state index contributed by atoms with van der Waals surface area (Å²) in [6, 6.07) is 14.2. The van der Waals surface area contributed by atoms with Crippen LogP contribution >= 0.6 is 15.9 Å². The SMILES string of the molecule is Cn1nncc1-c1ccc2c(Br)cn(-c3ccccc3)c2n1. The van der Waals surface area contributed by atoms with Gasteiger partial charge in [0.25, 0.3) is 0 Å². The molecule has 0 aliphatic heterocycles. The van der Waals surface area contributed by atoms with Crippen LogP contribution in [0.2, 0.25) is 0 Å². The number of pyridine rings is 1. The van der Waals surface area contributed by atoms with E-state index >= 15 is 0 Å². The van der Waals surface area contributed by atoms with E-state index in [2.05, 4.69) is 49.0 Å². The van der Waals surface area contributed by atoms with E-state index in [1.165, 1.54) is 0 Å². The monoisotopic (exact) mass is 353 g/mol. The van der Waals surface area contributed by atoms with Gasteiger partial charge in [-0.05, 0) is 40.2 Å². The number of para-hydroxylation sites is 1. The molecule has 0 saturated carbocycles. The van der Waals surface area contributed by atoms with E-state index in [4.69, 9.17) is 4.98 Å². The fourth-order valence-corrected chi connectivity index (χ4v) is 3.03. The summed E-state index contributed by atoms with van der Waals surface area (Å²) < 4.78 is 4.82. The number of aryl methyl sites for hydroxylation is 1. The first kappa shape index (κ1) is 13.2. The molecule has 3 heterocycles. The zero-order chi connectivity index (χ0) is 15.1. The first-order valence-electron chi connectivity index (χ1n) is 6.82. The molecule has 0 unspecified atom stereocenters. The van der Waals surface area contributed by atoms with Crippen molar-refractivity contribution < 1.29 is 0 Å². The number of hydrogen-bond acceptors (Lipinski definition) is 3. The molecule has 0 aliphatic carbocycles. The Labute approximate surface area is 135 Å². The number of hydrogen-bond donors (Lipinski definition) is 0. The van der Waals surface area contributed by atoms with Crippen molar-refractivity contribution in [3.8, 4) is 17.1 Å². The summed E-state index contributed by atoms with van der Waals surface area (Å²) in [4.78, 5) is 4.81. The van der Waals surface area contributed by atoms with E-state index in [-0.39, 0.29) is 0 Å². The lowest BCUT2D eigenvalue weighted by molar-refractivity contribution is 0.719. The van der Waals surface area contributed by atoms with Gasteiger partial charge in [0, 0.05) is 28.8 Å². The molecule has 0 fully saturated rings. The molecule has 108 valence electrons. The van der Waals surface area contributed by atoms with Crippen LogP contribution < -0.4 is 0 Å². The lowest BCUT2D eigenvalue weighted by atomic mass is 10.2. The Balaban J connectivity index is 1.97. The maximum Gasteiger partial charge on any atom is 0.146 e. The Bertz CT molecular complexity index is 955. The molecule has 0 atom stereocenters. The Kier molecular flexibility index (Phi) is 3.04. The summed E-state index contributed by atoms with van der Waals surface area (Å²) in [5.41, 5.74) is 3.71. The lowest BCUT2D eigenvalue weighted by Gasteiger charge is -2.06. The van der Waals surface area contributed by atoms with Crippen LogP contribution in [0.1, 0.15) is 0 Å². The molecule has 4 aromatic rings. The largest absolute Gasteiger partial charge is 0.300 e. The maximum absolute atomic E-state index is 4.81. The highest BCUT2D eigenvalue weighted by Crippen LogP contribution is 2.29. The predicted octanol–water partition coefficient (Wildman–Crippen LogP) is 3.58. The van der Waals surface area contributed by atoms with E-state index in [1.54, 1.807) is 10.9 Å². The van der Waals surface area contributed by atoms with Crippen molar-refractivity contribution in [1.82, 2.24) is 24.5 Å². The molecule has 0 radical (unpaired) electrons. The second-order valence-corrected chi connectivity index (χ2v) is 5.85. The van der Waals surface area contributed by atoms with E-state index in [1.807, 2.05) is 37.5 Å². The van der Waals surface area contributed by atoms with Gasteiger partial charge >= 0.3 is 0 Å². The topological polar surface area (TPSA) is 48.5 Å². The van der Waals surface area contributed by atoms with Crippen LogP contribution in [-0.4, -0.2) is 24.5 Å². The second kappa shape index (κ2) is 5.06. The average Bonchev–Trinajstić information content (AvgIpc) is 3.12. The number of aromatic nitrogens is 5. The summed E-state index contributed by atoms with van der Waals surface area (Å²) in [5.74, 6) is 0. The normalized spacial score (nSPS) is 11.2. The number of nitrogens with zero attached hydrogens (tertiary/aromatic N) is 5. The van der Waals surface area contributed by atoms with Gasteiger partial charge < -0.3 is 4.57 Å². The van der Waals surface area contributed by atoms with Crippen molar-refractivity contribution in [3.63, 3.8) is 0 Å².